The van der Waals surface area contributed by atoms with Gasteiger partial charge >= 0.3 is 0 Å². The molecule has 0 aromatic rings. The fraction of sp³-hybridized carbons (Fsp3) is 0.917. The number of amides is 1. The molecule has 0 bridgehead atoms. The molecule has 0 saturated heterocycles. The average Bonchev–Trinajstić information content (AvgIpc) is 2.15. The predicted molar refractivity (Wildman–Crippen MR) is 60.5 cm³/mol. The zero-order chi connectivity index (χ0) is 11.3. The molecule has 1 aliphatic rings. The molecule has 0 aromatic heterocycles. The summed E-state index contributed by atoms with van der Waals surface area (Å²) in [6.45, 7) is 3.96. The second-order valence-corrected chi connectivity index (χ2v) is 4.92. The zero-order valence-corrected chi connectivity index (χ0v) is 9.83. The van der Waals surface area contributed by atoms with Crippen LogP contribution in [0.2, 0.25) is 0 Å². The summed E-state index contributed by atoms with van der Waals surface area (Å²) < 4.78 is 0. The third kappa shape index (κ3) is 5.17. The van der Waals surface area contributed by atoms with E-state index >= 15 is 0 Å². The minimum Gasteiger partial charge on any atom is -0.393 e. The lowest BCUT2D eigenvalue weighted by Gasteiger charge is -2.27. The van der Waals surface area contributed by atoms with E-state index in [1.54, 1.807) is 6.92 Å². The van der Waals surface area contributed by atoms with E-state index in [9.17, 15) is 4.79 Å². The maximum Gasteiger partial charge on any atom is 0.220 e. The van der Waals surface area contributed by atoms with Gasteiger partial charge in [0.2, 0.25) is 5.91 Å². The fourth-order valence-electron chi connectivity index (χ4n) is 2.21. The molecule has 88 valence electrons. The highest BCUT2D eigenvalue weighted by molar-refractivity contribution is 5.76. The third-order valence-electron chi connectivity index (χ3n) is 3.09. The minimum atomic E-state index is -0.374. The van der Waals surface area contributed by atoms with Crippen molar-refractivity contribution in [1.29, 1.82) is 0 Å². The van der Waals surface area contributed by atoms with E-state index in [4.69, 9.17) is 5.11 Å². The highest BCUT2D eigenvalue weighted by atomic mass is 16.3. The molecular formula is C12H23NO2. The van der Waals surface area contributed by atoms with Gasteiger partial charge in [-0.25, -0.2) is 0 Å². The Kier molecular flexibility index (Phi) is 5.09. The van der Waals surface area contributed by atoms with E-state index in [1.807, 2.05) is 0 Å². The molecule has 0 aliphatic heterocycles. The summed E-state index contributed by atoms with van der Waals surface area (Å²) in [7, 11) is 0. The molecule has 1 fully saturated rings. The molecule has 1 amide bonds. The van der Waals surface area contributed by atoms with Gasteiger partial charge in [0, 0.05) is 12.5 Å². The summed E-state index contributed by atoms with van der Waals surface area (Å²) in [4.78, 5) is 11.5. The Morgan fingerprint density at radius 1 is 1.53 bits per heavy atom. The van der Waals surface area contributed by atoms with Crippen molar-refractivity contribution in [3.05, 3.63) is 0 Å². The summed E-state index contributed by atoms with van der Waals surface area (Å²) in [6.07, 6.45) is 5.38. The molecule has 3 atom stereocenters. The molecular weight excluding hydrogens is 190 g/mol. The molecule has 2 N–H and O–H groups in total. The molecule has 1 rings (SSSR count). The van der Waals surface area contributed by atoms with Crippen LogP contribution in [0.3, 0.4) is 0 Å². The first kappa shape index (κ1) is 12.5. The lowest BCUT2D eigenvalue weighted by molar-refractivity contribution is -0.122. The normalized spacial score (nSPS) is 28.5. The van der Waals surface area contributed by atoms with Gasteiger partial charge in [-0.2, -0.15) is 0 Å². The summed E-state index contributed by atoms with van der Waals surface area (Å²) in [5.41, 5.74) is 0. The Balaban J connectivity index is 2.19. The van der Waals surface area contributed by atoms with E-state index in [-0.39, 0.29) is 12.0 Å². The molecule has 0 spiro atoms. The van der Waals surface area contributed by atoms with Crippen LogP contribution in [-0.2, 0) is 4.79 Å². The lowest BCUT2D eigenvalue weighted by Crippen LogP contribution is -2.38. The van der Waals surface area contributed by atoms with Crippen molar-refractivity contribution in [2.24, 2.45) is 5.92 Å². The number of aliphatic hydroxyl groups excluding tert-OH is 1. The van der Waals surface area contributed by atoms with Crippen molar-refractivity contribution in [1.82, 2.24) is 5.32 Å². The van der Waals surface area contributed by atoms with E-state index < -0.39 is 0 Å². The Bertz CT molecular complexity index is 204. The second kappa shape index (κ2) is 6.11. The average molecular weight is 213 g/mol. The number of carbonyl (C=O) groups is 1. The topological polar surface area (TPSA) is 49.3 Å². The molecule has 1 aliphatic carbocycles. The zero-order valence-electron chi connectivity index (χ0n) is 9.83. The van der Waals surface area contributed by atoms with Crippen molar-refractivity contribution < 1.29 is 9.90 Å². The van der Waals surface area contributed by atoms with Crippen LogP contribution in [0.4, 0.5) is 0 Å². The smallest absolute Gasteiger partial charge is 0.220 e. The number of rotatable bonds is 4. The van der Waals surface area contributed by atoms with Gasteiger partial charge in [-0.05, 0) is 32.1 Å². The SMILES string of the molecule is CC(O)CCC(=O)NC1CCCC(C)C1. The van der Waals surface area contributed by atoms with E-state index in [2.05, 4.69) is 12.2 Å². The van der Waals surface area contributed by atoms with Gasteiger partial charge in [0.05, 0.1) is 6.10 Å². The van der Waals surface area contributed by atoms with E-state index in [0.29, 0.717) is 18.9 Å². The standard InChI is InChI=1S/C12H23NO2/c1-9-4-3-5-11(8-9)13-12(15)7-6-10(2)14/h9-11,14H,3-8H2,1-2H3,(H,13,15). The van der Waals surface area contributed by atoms with Crippen LogP contribution in [0.15, 0.2) is 0 Å². The van der Waals surface area contributed by atoms with E-state index in [0.717, 1.165) is 18.8 Å². The molecule has 1 saturated carbocycles. The van der Waals surface area contributed by atoms with Gasteiger partial charge in [-0.15, -0.1) is 0 Å². The first-order valence-electron chi connectivity index (χ1n) is 6.05. The van der Waals surface area contributed by atoms with Crippen molar-refractivity contribution in [2.45, 2.75) is 64.5 Å². The Labute approximate surface area is 92.3 Å². The summed E-state index contributed by atoms with van der Waals surface area (Å²) in [5.74, 6) is 0.829. The largest absolute Gasteiger partial charge is 0.393 e. The van der Waals surface area contributed by atoms with Gasteiger partial charge in [-0.1, -0.05) is 19.8 Å². The molecule has 0 aromatic carbocycles. The lowest BCUT2D eigenvalue weighted by atomic mass is 9.87. The van der Waals surface area contributed by atoms with Crippen LogP contribution in [0.1, 0.15) is 52.4 Å². The number of hydrogen-bond acceptors (Lipinski definition) is 2. The molecule has 3 heteroatoms. The molecule has 0 heterocycles. The second-order valence-electron chi connectivity index (χ2n) is 4.92. The van der Waals surface area contributed by atoms with Gasteiger partial charge in [-0.3, -0.25) is 4.79 Å². The maximum atomic E-state index is 11.5. The molecule has 0 radical (unpaired) electrons. The van der Waals surface area contributed by atoms with Crippen LogP contribution in [0.25, 0.3) is 0 Å². The Morgan fingerprint density at radius 3 is 2.87 bits per heavy atom. The van der Waals surface area contributed by atoms with Crippen LogP contribution in [0.5, 0.6) is 0 Å². The number of carbonyl (C=O) groups excluding carboxylic acids is 1. The maximum absolute atomic E-state index is 11.5. The monoisotopic (exact) mass is 213 g/mol. The van der Waals surface area contributed by atoms with E-state index in [1.165, 1.54) is 12.8 Å². The predicted octanol–water partition coefficient (Wildman–Crippen LogP) is 1.84. The number of aliphatic hydroxyl groups is 1. The van der Waals surface area contributed by atoms with Crippen molar-refractivity contribution in [2.75, 3.05) is 0 Å². The van der Waals surface area contributed by atoms with Crippen molar-refractivity contribution in [3.63, 3.8) is 0 Å². The molecule has 3 unspecified atom stereocenters. The number of hydrogen-bond donors (Lipinski definition) is 2. The highest BCUT2D eigenvalue weighted by Gasteiger charge is 2.20. The first-order valence-corrected chi connectivity index (χ1v) is 6.05. The summed E-state index contributed by atoms with van der Waals surface area (Å²) in [5, 5.41) is 12.1. The first-order chi connectivity index (χ1) is 7.08. The quantitative estimate of drug-likeness (QED) is 0.748. The summed E-state index contributed by atoms with van der Waals surface area (Å²) in [6, 6.07) is 0.371. The van der Waals surface area contributed by atoms with Crippen LogP contribution < -0.4 is 5.32 Å². The van der Waals surface area contributed by atoms with Gasteiger partial charge < -0.3 is 10.4 Å². The highest BCUT2D eigenvalue weighted by Crippen LogP contribution is 2.23. The Hall–Kier alpha value is -0.570. The minimum absolute atomic E-state index is 0.0926. The van der Waals surface area contributed by atoms with Crippen molar-refractivity contribution >= 4 is 5.91 Å². The molecule has 15 heavy (non-hydrogen) atoms. The Morgan fingerprint density at radius 2 is 2.27 bits per heavy atom. The summed E-state index contributed by atoms with van der Waals surface area (Å²) >= 11 is 0. The van der Waals surface area contributed by atoms with Crippen LogP contribution in [-0.4, -0.2) is 23.2 Å². The van der Waals surface area contributed by atoms with Crippen molar-refractivity contribution in [3.8, 4) is 0 Å². The van der Waals surface area contributed by atoms with Gasteiger partial charge in [0.25, 0.3) is 0 Å². The number of nitrogens with one attached hydrogen (secondary N) is 1. The molecule has 3 nitrogen and oxygen atoms in total. The van der Waals surface area contributed by atoms with Gasteiger partial charge in [0.1, 0.15) is 0 Å². The third-order valence-corrected chi connectivity index (χ3v) is 3.09. The van der Waals surface area contributed by atoms with Gasteiger partial charge in [0.15, 0.2) is 0 Å². The van der Waals surface area contributed by atoms with Crippen LogP contribution in [0, 0.1) is 5.92 Å². The van der Waals surface area contributed by atoms with Crippen LogP contribution >= 0.6 is 0 Å². The fourth-order valence-corrected chi connectivity index (χ4v) is 2.21.